The molecular formula is C8H12O2. The molecule has 10 heavy (non-hydrogen) atoms. The van der Waals surface area contributed by atoms with Crippen molar-refractivity contribution >= 4 is 12.1 Å². The van der Waals surface area contributed by atoms with Gasteiger partial charge in [0.15, 0.2) is 0 Å². The van der Waals surface area contributed by atoms with Gasteiger partial charge in [0.1, 0.15) is 12.1 Å². The molecule has 2 nitrogen and oxygen atoms in total. The lowest BCUT2D eigenvalue weighted by molar-refractivity contribution is -0.120. The number of carbonyl (C=O) groups is 2. The summed E-state index contributed by atoms with van der Waals surface area (Å²) in [5, 5.41) is 0. The van der Waals surface area contributed by atoms with Crippen molar-refractivity contribution in [3.63, 3.8) is 0 Å². The van der Waals surface area contributed by atoms with Gasteiger partial charge in [0.05, 0.1) is 0 Å². The normalized spacial score (nSPS) is 13.4. The topological polar surface area (TPSA) is 34.1 Å². The summed E-state index contributed by atoms with van der Waals surface area (Å²) >= 11 is 0. The minimum atomic E-state index is -0.116. The molecule has 2 heteroatoms. The molecule has 0 aromatic carbocycles. The fourth-order valence-electron chi connectivity index (χ4n) is 0.641. The van der Waals surface area contributed by atoms with E-state index in [4.69, 9.17) is 0 Å². The summed E-state index contributed by atoms with van der Waals surface area (Å²) in [5.41, 5.74) is 0. The van der Waals surface area contributed by atoms with E-state index in [1.165, 1.54) is 6.08 Å². The van der Waals surface area contributed by atoms with Gasteiger partial charge in [-0.3, -0.25) is 9.59 Å². The van der Waals surface area contributed by atoms with Crippen LogP contribution in [0.25, 0.3) is 0 Å². The Kier molecular flexibility index (Phi) is 4.46. The van der Waals surface area contributed by atoms with Gasteiger partial charge < -0.3 is 0 Å². The molecule has 0 amide bonds. The lowest BCUT2D eigenvalue weighted by atomic mass is 10.0. The Hall–Kier alpha value is -0.920. The number of allylic oxidation sites excluding steroid dienone is 2. The average Bonchev–Trinajstić information content (AvgIpc) is 1.98. The number of hydrogen-bond acceptors (Lipinski definition) is 2. The molecule has 0 fully saturated rings. The van der Waals surface area contributed by atoms with Crippen LogP contribution in [0.5, 0.6) is 0 Å². The standard InChI is InChI=1S/C8H12O2/c1-3-8(10)7(2)5-4-6-9/h4-7H,3H2,1-2H3/b5-4+. The highest BCUT2D eigenvalue weighted by atomic mass is 16.1. The Balaban J connectivity index is 3.83. The molecule has 1 unspecified atom stereocenters. The fourth-order valence-corrected chi connectivity index (χ4v) is 0.641. The molecule has 0 rings (SSSR count). The fraction of sp³-hybridized carbons (Fsp3) is 0.500. The zero-order chi connectivity index (χ0) is 7.98. The Morgan fingerprint density at radius 3 is 2.60 bits per heavy atom. The van der Waals surface area contributed by atoms with Gasteiger partial charge in [0.2, 0.25) is 0 Å². The van der Waals surface area contributed by atoms with Crippen LogP contribution in [-0.4, -0.2) is 12.1 Å². The van der Waals surface area contributed by atoms with Gasteiger partial charge in [-0.2, -0.15) is 0 Å². The van der Waals surface area contributed by atoms with Crippen LogP contribution in [0.1, 0.15) is 20.3 Å². The quantitative estimate of drug-likeness (QED) is 0.436. The van der Waals surface area contributed by atoms with Crippen LogP contribution in [-0.2, 0) is 9.59 Å². The summed E-state index contributed by atoms with van der Waals surface area (Å²) in [4.78, 5) is 20.7. The first-order valence-electron chi connectivity index (χ1n) is 3.37. The van der Waals surface area contributed by atoms with Crippen molar-refractivity contribution in [3.8, 4) is 0 Å². The van der Waals surface area contributed by atoms with E-state index >= 15 is 0 Å². The van der Waals surface area contributed by atoms with Crippen molar-refractivity contribution < 1.29 is 9.59 Å². The van der Waals surface area contributed by atoms with Gasteiger partial charge in [-0.25, -0.2) is 0 Å². The van der Waals surface area contributed by atoms with E-state index < -0.39 is 0 Å². The second kappa shape index (κ2) is 4.91. The first-order chi connectivity index (χ1) is 4.72. The second-order valence-electron chi connectivity index (χ2n) is 2.13. The van der Waals surface area contributed by atoms with Gasteiger partial charge in [0, 0.05) is 12.3 Å². The zero-order valence-electron chi connectivity index (χ0n) is 6.33. The van der Waals surface area contributed by atoms with Gasteiger partial charge >= 0.3 is 0 Å². The maximum absolute atomic E-state index is 10.9. The molecule has 0 N–H and O–H groups in total. The molecule has 0 heterocycles. The van der Waals surface area contributed by atoms with Crippen molar-refractivity contribution in [2.75, 3.05) is 0 Å². The number of rotatable bonds is 4. The van der Waals surface area contributed by atoms with Crippen LogP contribution in [0.3, 0.4) is 0 Å². The maximum Gasteiger partial charge on any atom is 0.142 e. The van der Waals surface area contributed by atoms with Crippen LogP contribution >= 0.6 is 0 Å². The Labute approximate surface area is 60.9 Å². The number of ketones is 1. The highest BCUT2D eigenvalue weighted by Gasteiger charge is 2.04. The van der Waals surface area contributed by atoms with Crippen LogP contribution < -0.4 is 0 Å². The largest absolute Gasteiger partial charge is 0.299 e. The van der Waals surface area contributed by atoms with Crippen LogP contribution in [0, 0.1) is 5.92 Å². The van der Waals surface area contributed by atoms with E-state index in [1.54, 1.807) is 13.0 Å². The summed E-state index contributed by atoms with van der Waals surface area (Å²) < 4.78 is 0. The number of carbonyl (C=O) groups excluding carboxylic acids is 2. The molecule has 0 radical (unpaired) electrons. The van der Waals surface area contributed by atoms with Crippen molar-refractivity contribution in [1.82, 2.24) is 0 Å². The van der Waals surface area contributed by atoms with E-state index in [0.29, 0.717) is 12.7 Å². The molecule has 0 saturated heterocycles. The van der Waals surface area contributed by atoms with Crippen molar-refractivity contribution in [2.45, 2.75) is 20.3 Å². The van der Waals surface area contributed by atoms with E-state index in [9.17, 15) is 9.59 Å². The van der Waals surface area contributed by atoms with Crippen LogP contribution in [0.4, 0.5) is 0 Å². The monoisotopic (exact) mass is 140 g/mol. The predicted octanol–water partition coefficient (Wildman–Crippen LogP) is 1.36. The van der Waals surface area contributed by atoms with E-state index in [-0.39, 0.29) is 11.7 Å². The van der Waals surface area contributed by atoms with E-state index in [2.05, 4.69) is 0 Å². The molecule has 0 spiro atoms. The van der Waals surface area contributed by atoms with E-state index in [1.807, 2.05) is 6.92 Å². The van der Waals surface area contributed by atoms with Crippen LogP contribution in [0.15, 0.2) is 12.2 Å². The third kappa shape index (κ3) is 3.17. The van der Waals surface area contributed by atoms with Gasteiger partial charge in [-0.05, 0) is 6.08 Å². The van der Waals surface area contributed by atoms with Gasteiger partial charge in [-0.15, -0.1) is 0 Å². The molecular weight excluding hydrogens is 128 g/mol. The summed E-state index contributed by atoms with van der Waals surface area (Å²) in [5.74, 6) is 0.0494. The molecule has 0 bridgehead atoms. The van der Waals surface area contributed by atoms with E-state index in [0.717, 1.165) is 0 Å². The lowest BCUT2D eigenvalue weighted by Crippen LogP contribution is -2.05. The number of aldehydes is 1. The summed E-state index contributed by atoms with van der Waals surface area (Å²) in [6.07, 6.45) is 4.18. The molecule has 56 valence electrons. The first kappa shape index (κ1) is 9.08. The molecule has 0 aliphatic rings. The van der Waals surface area contributed by atoms with Gasteiger partial charge in [-0.1, -0.05) is 19.9 Å². The summed E-state index contributed by atoms with van der Waals surface area (Å²) in [7, 11) is 0. The summed E-state index contributed by atoms with van der Waals surface area (Å²) in [6.45, 7) is 3.60. The minimum Gasteiger partial charge on any atom is -0.299 e. The number of Topliss-reactive ketones (excluding diaryl/α,β-unsaturated/α-hetero) is 1. The molecule has 0 aromatic rings. The smallest absolute Gasteiger partial charge is 0.142 e. The highest BCUT2D eigenvalue weighted by Crippen LogP contribution is 2.00. The number of hydrogen-bond donors (Lipinski definition) is 0. The Morgan fingerprint density at radius 2 is 2.20 bits per heavy atom. The third-order valence-electron chi connectivity index (χ3n) is 1.33. The molecule has 0 saturated carbocycles. The SMILES string of the molecule is CCC(=O)C(C)/C=C/C=O. The molecule has 0 aliphatic heterocycles. The predicted molar refractivity (Wildman–Crippen MR) is 39.7 cm³/mol. The van der Waals surface area contributed by atoms with Crippen molar-refractivity contribution in [1.29, 1.82) is 0 Å². The van der Waals surface area contributed by atoms with Gasteiger partial charge in [0.25, 0.3) is 0 Å². The Morgan fingerprint density at radius 1 is 1.60 bits per heavy atom. The van der Waals surface area contributed by atoms with Crippen LogP contribution in [0.2, 0.25) is 0 Å². The van der Waals surface area contributed by atoms with Crippen molar-refractivity contribution in [3.05, 3.63) is 12.2 Å². The maximum atomic E-state index is 10.9. The highest BCUT2D eigenvalue weighted by molar-refractivity contribution is 5.82. The van der Waals surface area contributed by atoms with Crippen molar-refractivity contribution in [2.24, 2.45) is 5.92 Å². The third-order valence-corrected chi connectivity index (χ3v) is 1.33. The Bertz CT molecular complexity index is 147. The lowest BCUT2D eigenvalue weighted by Gasteiger charge is -1.99. The first-order valence-corrected chi connectivity index (χ1v) is 3.37. The average molecular weight is 140 g/mol. The molecule has 0 aliphatic carbocycles. The minimum absolute atomic E-state index is 0.116. The zero-order valence-corrected chi connectivity index (χ0v) is 6.33. The summed E-state index contributed by atoms with van der Waals surface area (Å²) in [6, 6.07) is 0. The second-order valence-corrected chi connectivity index (χ2v) is 2.13. The molecule has 1 atom stereocenters. The molecule has 0 aromatic heterocycles.